The average molecular weight is 465 g/mol. The first kappa shape index (κ1) is 29.1. The van der Waals surface area contributed by atoms with Gasteiger partial charge in [-0.3, -0.25) is 4.79 Å². The number of carbonyl (C=O) groups is 2. The van der Waals surface area contributed by atoms with E-state index in [4.69, 9.17) is 18.8 Å². The van der Waals surface area contributed by atoms with Gasteiger partial charge in [0.25, 0.3) is 0 Å². The van der Waals surface area contributed by atoms with Crippen molar-refractivity contribution in [1.29, 1.82) is 0 Å². The van der Waals surface area contributed by atoms with E-state index in [0.717, 1.165) is 6.42 Å². The quantitative estimate of drug-likeness (QED) is 0.212. The number of methoxy groups -OCH3 is 1. The number of nitrogens with one attached hydrogen (secondary N) is 1. The minimum Gasteiger partial charge on any atom is -0.464 e. The summed E-state index contributed by atoms with van der Waals surface area (Å²) >= 11 is 0. The van der Waals surface area contributed by atoms with Gasteiger partial charge in [0.05, 0.1) is 31.0 Å². The molecule has 186 valence electrons. The van der Waals surface area contributed by atoms with E-state index in [-0.39, 0.29) is 24.9 Å². The van der Waals surface area contributed by atoms with Crippen molar-refractivity contribution in [3.63, 3.8) is 0 Å². The second-order valence-electron chi connectivity index (χ2n) is 9.07. The van der Waals surface area contributed by atoms with E-state index in [1.807, 2.05) is 58.0 Å². The van der Waals surface area contributed by atoms with Gasteiger partial charge in [-0.15, -0.1) is 0 Å². The van der Waals surface area contributed by atoms with Gasteiger partial charge in [0.2, 0.25) is 6.41 Å². The van der Waals surface area contributed by atoms with Crippen molar-refractivity contribution in [3.8, 4) is 0 Å². The number of unbranched alkanes of at least 4 members (excludes halogenated alkanes) is 1. The summed E-state index contributed by atoms with van der Waals surface area (Å²) in [5.74, 6) is -0.616. The van der Waals surface area contributed by atoms with E-state index in [1.165, 1.54) is 5.56 Å². The van der Waals surface area contributed by atoms with Crippen LogP contribution in [0.25, 0.3) is 0 Å². The third kappa shape index (κ3) is 8.74. The van der Waals surface area contributed by atoms with Crippen LogP contribution in [0.4, 0.5) is 0 Å². The lowest BCUT2D eigenvalue weighted by molar-refractivity contribution is -0.154. The summed E-state index contributed by atoms with van der Waals surface area (Å²) in [5, 5.41) is 12.0. The summed E-state index contributed by atoms with van der Waals surface area (Å²) in [6.45, 7) is 10.1. The topological polar surface area (TPSA) is 103 Å². The predicted octanol–water partition coefficient (Wildman–Crippen LogP) is 3.12. The van der Waals surface area contributed by atoms with E-state index >= 15 is 0 Å². The molecule has 0 aromatic heterocycles. The number of hydrogen-bond donors (Lipinski definition) is 2. The summed E-state index contributed by atoms with van der Waals surface area (Å²) < 4.78 is 21.7. The maximum Gasteiger partial charge on any atom is 0.457 e. The molecule has 1 aliphatic heterocycles. The van der Waals surface area contributed by atoms with Gasteiger partial charge in [-0.25, -0.2) is 4.79 Å². The van der Waals surface area contributed by atoms with Crippen LogP contribution < -0.4 is 5.32 Å². The summed E-state index contributed by atoms with van der Waals surface area (Å²) in [6.07, 6.45) is 2.74. The third-order valence-electron chi connectivity index (χ3n) is 6.02. The van der Waals surface area contributed by atoms with Gasteiger partial charge in [-0.05, 0) is 52.9 Å². The first-order valence-corrected chi connectivity index (χ1v) is 11.5. The zero-order chi connectivity index (χ0) is 25.0. The second-order valence-corrected chi connectivity index (χ2v) is 9.07. The van der Waals surface area contributed by atoms with Crippen molar-refractivity contribution in [2.45, 2.75) is 83.5 Å². The Kier molecular flexibility index (Phi) is 12.1. The average Bonchev–Trinajstić information content (AvgIpc) is 2.98. The van der Waals surface area contributed by atoms with Crippen molar-refractivity contribution < 1.29 is 33.5 Å². The zero-order valence-corrected chi connectivity index (χ0v) is 20.9. The molecule has 2 N–H and O–H groups in total. The molecular weight excluding hydrogens is 425 g/mol. The Bertz CT molecular complexity index is 698. The van der Waals surface area contributed by atoms with Gasteiger partial charge in [-0.2, -0.15) is 0 Å². The third-order valence-corrected chi connectivity index (χ3v) is 6.02. The first-order chi connectivity index (χ1) is 15.6. The number of esters is 1. The molecule has 1 fully saturated rings. The molecule has 8 nitrogen and oxygen atoms in total. The number of aliphatic hydroxyl groups is 1. The SMILES string of the molecule is CCOC(=O)C(CO)(CCCCB1OC(C)(C)C(C)(C)O1)NC=O.COCc1ccccc1. The van der Waals surface area contributed by atoms with Crippen molar-refractivity contribution >= 4 is 19.5 Å². The molecule has 1 aromatic carbocycles. The molecule has 0 bridgehead atoms. The summed E-state index contributed by atoms with van der Waals surface area (Å²) in [7, 11) is 1.41. The Morgan fingerprint density at radius 2 is 1.76 bits per heavy atom. The number of hydrogen-bond acceptors (Lipinski definition) is 7. The number of benzene rings is 1. The van der Waals surface area contributed by atoms with Crippen molar-refractivity contribution in [1.82, 2.24) is 5.32 Å². The van der Waals surface area contributed by atoms with Crippen LogP contribution in [0.3, 0.4) is 0 Å². The highest BCUT2D eigenvalue weighted by Gasteiger charge is 2.50. The normalized spacial score (nSPS) is 18.0. The molecule has 33 heavy (non-hydrogen) atoms. The molecule has 0 spiro atoms. The Morgan fingerprint density at radius 3 is 2.24 bits per heavy atom. The Morgan fingerprint density at radius 1 is 1.15 bits per heavy atom. The molecule has 1 atom stereocenters. The number of ether oxygens (including phenoxy) is 2. The molecule has 9 heteroatoms. The highest BCUT2D eigenvalue weighted by atomic mass is 16.7. The lowest BCUT2D eigenvalue weighted by atomic mass is 9.81. The van der Waals surface area contributed by atoms with Crippen LogP contribution in [-0.2, 0) is 35.0 Å². The smallest absolute Gasteiger partial charge is 0.457 e. The van der Waals surface area contributed by atoms with Crippen LogP contribution in [0.2, 0.25) is 6.32 Å². The molecule has 1 aliphatic rings. The number of rotatable bonds is 12. The molecule has 1 aromatic rings. The van der Waals surface area contributed by atoms with Gasteiger partial charge in [0, 0.05) is 7.11 Å². The molecule has 2 rings (SSSR count). The number of aliphatic hydroxyl groups excluding tert-OH is 1. The van der Waals surface area contributed by atoms with Crippen LogP contribution in [0.15, 0.2) is 30.3 Å². The van der Waals surface area contributed by atoms with Crippen molar-refractivity contribution in [3.05, 3.63) is 35.9 Å². The fourth-order valence-electron chi connectivity index (χ4n) is 3.37. The van der Waals surface area contributed by atoms with Gasteiger partial charge in [0.15, 0.2) is 5.54 Å². The highest BCUT2D eigenvalue weighted by Crippen LogP contribution is 2.38. The molecule has 0 aliphatic carbocycles. The zero-order valence-electron chi connectivity index (χ0n) is 20.9. The summed E-state index contributed by atoms with van der Waals surface area (Å²) in [5.41, 5.74) is -0.888. The number of carbonyl (C=O) groups excluding carboxylic acids is 2. The standard InChI is InChI=1S/C16H30BNO6.C8H10O/c1-6-22-13(21)16(11-19,18-12-20)9-7-8-10-17-23-14(2,3)15(4,5)24-17;1-9-7-8-5-3-2-4-6-8/h12,19H,6-11H2,1-5H3,(H,18,20);2-6H,7H2,1H3. The van der Waals surface area contributed by atoms with E-state index in [9.17, 15) is 14.7 Å². The minimum atomic E-state index is -1.38. The molecule has 0 saturated carbocycles. The minimum absolute atomic E-state index is 0.190. The Hall–Kier alpha value is -1.94. The monoisotopic (exact) mass is 465 g/mol. The second kappa shape index (κ2) is 13.7. The van der Waals surface area contributed by atoms with Gasteiger partial charge < -0.3 is 29.2 Å². The van der Waals surface area contributed by atoms with E-state index in [2.05, 4.69) is 5.32 Å². The number of amides is 1. The lowest BCUT2D eigenvalue weighted by Crippen LogP contribution is -2.55. The molecule has 1 heterocycles. The van der Waals surface area contributed by atoms with Gasteiger partial charge in [-0.1, -0.05) is 43.2 Å². The van der Waals surface area contributed by atoms with E-state index in [1.54, 1.807) is 14.0 Å². The predicted molar refractivity (Wildman–Crippen MR) is 128 cm³/mol. The summed E-state index contributed by atoms with van der Waals surface area (Å²) in [6, 6.07) is 10.1. The Balaban J connectivity index is 0.000000502. The maximum absolute atomic E-state index is 12.1. The fraction of sp³-hybridized carbons (Fsp3) is 0.667. The summed E-state index contributed by atoms with van der Waals surface area (Å²) in [4.78, 5) is 22.9. The molecule has 1 amide bonds. The van der Waals surface area contributed by atoms with Crippen LogP contribution in [-0.4, -0.2) is 61.7 Å². The van der Waals surface area contributed by atoms with Gasteiger partial charge in [0.1, 0.15) is 0 Å². The Labute approximate surface area is 198 Å². The first-order valence-electron chi connectivity index (χ1n) is 11.5. The largest absolute Gasteiger partial charge is 0.464 e. The molecule has 1 unspecified atom stereocenters. The lowest BCUT2D eigenvalue weighted by Gasteiger charge is -2.32. The molecule has 1 saturated heterocycles. The fourth-order valence-corrected chi connectivity index (χ4v) is 3.37. The van der Waals surface area contributed by atoms with Gasteiger partial charge >= 0.3 is 13.1 Å². The maximum atomic E-state index is 12.1. The van der Waals surface area contributed by atoms with E-state index < -0.39 is 18.1 Å². The molecule has 0 radical (unpaired) electrons. The van der Waals surface area contributed by atoms with Crippen molar-refractivity contribution in [2.24, 2.45) is 0 Å². The highest BCUT2D eigenvalue weighted by molar-refractivity contribution is 6.45. The van der Waals surface area contributed by atoms with Crippen LogP contribution in [0.1, 0.15) is 59.4 Å². The van der Waals surface area contributed by atoms with Crippen LogP contribution in [0.5, 0.6) is 0 Å². The van der Waals surface area contributed by atoms with Crippen molar-refractivity contribution in [2.75, 3.05) is 20.3 Å². The molecular formula is C24H40BNO7. The van der Waals surface area contributed by atoms with Crippen LogP contribution >= 0.6 is 0 Å². The van der Waals surface area contributed by atoms with E-state index in [0.29, 0.717) is 32.2 Å². The van der Waals surface area contributed by atoms with Crippen LogP contribution in [0, 0.1) is 0 Å².